The SMILES string of the molecule is Cc1cc(C)cc(Nc2cnnc(NCc3ccccc3Cl)n2)c1. The highest BCUT2D eigenvalue weighted by atomic mass is 35.5. The Morgan fingerprint density at radius 2 is 1.79 bits per heavy atom. The first-order chi connectivity index (χ1) is 11.6. The zero-order valence-electron chi connectivity index (χ0n) is 13.5. The highest BCUT2D eigenvalue weighted by molar-refractivity contribution is 6.31. The summed E-state index contributed by atoms with van der Waals surface area (Å²) < 4.78 is 0. The molecule has 0 saturated carbocycles. The molecule has 0 aliphatic rings. The van der Waals surface area contributed by atoms with Gasteiger partial charge in [-0.2, -0.15) is 10.1 Å². The van der Waals surface area contributed by atoms with E-state index in [2.05, 4.69) is 57.9 Å². The monoisotopic (exact) mass is 339 g/mol. The number of aryl methyl sites for hydroxylation is 2. The molecule has 0 unspecified atom stereocenters. The second-order valence-electron chi connectivity index (χ2n) is 5.61. The van der Waals surface area contributed by atoms with E-state index in [0.717, 1.165) is 11.3 Å². The molecule has 0 saturated heterocycles. The molecule has 0 atom stereocenters. The minimum Gasteiger partial charge on any atom is -0.349 e. The van der Waals surface area contributed by atoms with Crippen LogP contribution in [0.1, 0.15) is 16.7 Å². The minimum atomic E-state index is 0.448. The van der Waals surface area contributed by atoms with E-state index in [4.69, 9.17) is 11.6 Å². The van der Waals surface area contributed by atoms with Crippen molar-refractivity contribution in [2.45, 2.75) is 20.4 Å². The predicted molar refractivity (Wildman–Crippen MR) is 97.8 cm³/mol. The highest BCUT2D eigenvalue weighted by Crippen LogP contribution is 2.19. The molecule has 1 heterocycles. The Morgan fingerprint density at radius 1 is 1.04 bits per heavy atom. The van der Waals surface area contributed by atoms with Crippen LogP contribution < -0.4 is 10.6 Å². The van der Waals surface area contributed by atoms with Crippen LogP contribution in [0.15, 0.2) is 48.7 Å². The first-order valence-corrected chi connectivity index (χ1v) is 8.00. The van der Waals surface area contributed by atoms with Crippen LogP contribution in [-0.4, -0.2) is 15.2 Å². The van der Waals surface area contributed by atoms with Gasteiger partial charge in [0.2, 0.25) is 5.95 Å². The number of halogens is 1. The fraction of sp³-hybridized carbons (Fsp3) is 0.167. The third-order valence-electron chi connectivity index (χ3n) is 3.45. The molecule has 5 nitrogen and oxygen atoms in total. The molecule has 2 aromatic carbocycles. The molecule has 24 heavy (non-hydrogen) atoms. The van der Waals surface area contributed by atoms with Crippen LogP contribution in [-0.2, 0) is 6.54 Å². The number of nitrogens with one attached hydrogen (secondary N) is 2. The van der Waals surface area contributed by atoms with Crippen molar-refractivity contribution < 1.29 is 0 Å². The van der Waals surface area contributed by atoms with E-state index in [0.29, 0.717) is 23.3 Å². The lowest BCUT2D eigenvalue weighted by Crippen LogP contribution is -2.06. The molecule has 2 N–H and O–H groups in total. The summed E-state index contributed by atoms with van der Waals surface area (Å²) in [7, 11) is 0. The number of hydrogen-bond donors (Lipinski definition) is 2. The van der Waals surface area contributed by atoms with Crippen molar-refractivity contribution in [2.24, 2.45) is 0 Å². The largest absolute Gasteiger partial charge is 0.349 e. The van der Waals surface area contributed by atoms with E-state index in [1.54, 1.807) is 6.20 Å². The number of benzene rings is 2. The number of anilines is 3. The maximum atomic E-state index is 6.15. The molecule has 0 aliphatic heterocycles. The Morgan fingerprint density at radius 3 is 2.54 bits per heavy atom. The van der Waals surface area contributed by atoms with Gasteiger partial charge in [-0.05, 0) is 48.7 Å². The quantitative estimate of drug-likeness (QED) is 0.716. The molecule has 6 heteroatoms. The molecular weight excluding hydrogens is 322 g/mol. The van der Waals surface area contributed by atoms with Crippen molar-refractivity contribution in [1.29, 1.82) is 0 Å². The van der Waals surface area contributed by atoms with Crippen LogP contribution >= 0.6 is 11.6 Å². The normalized spacial score (nSPS) is 10.5. The van der Waals surface area contributed by atoms with Crippen molar-refractivity contribution in [1.82, 2.24) is 15.2 Å². The van der Waals surface area contributed by atoms with E-state index in [1.807, 2.05) is 24.3 Å². The van der Waals surface area contributed by atoms with E-state index in [9.17, 15) is 0 Å². The van der Waals surface area contributed by atoms with E-state index in [1.165, 1.54) is 11.1 Å². The Labute approximate surface area is 146 Å². The van der Waals surface area contributed by atoms with Crippen molar-refractivity contribution in [2.75, 3.05) is 10.6 Å². The van der Waals surface area contributed by atoms with Gasteiger partial charge in [-0.25, -0.2) is 0 Å². The summed E-state index contributed by atoms with van der Waals surface area (Å²) in [5, 5.41) is 15.1. The first kappa shape index (κ1) is 16.2. The number of hydrogen-bond acceptors (Lipinski definition) is 5. The average Bonchev–Trinajstić information content (AvgIpc) is 2.53. The van der Waals surface area contributed by atoms with Crippen LogP contribution in [0.4, 0.5) is 17.5 Å². The fourth-order valence-corrected chi connectivity index (χ4v) is 2.65. The number of aromatic nitrogens is 3. The molecule has 0 spiro atoms. The smallest absolute Gasteiger partial charge is 0.244 e. The predicted octanol–water partition coefficient (Wildman–Crippen LogP) is 4.50. The van der Waals surface area contributed by atoms with E-state index >= 15 is 0 Å². The summed E-state index contributed by atoms with van der Waals surface area (Å²) in [6.07, 6.45) is 1.60. The molecule has 0 radical (unpaired) electrons. The average molecular weight is 340 g/mol. The summed E-state index contributed by atoms with van der Waals surface area (Å²) in [4.78, 5) is 4.43. The molecule has 0 fully saturated rings. The molecule has 3 aromatic rings. The summed E-state index contributed by atoms with van der Waals surface area (Å²) in [5.74, 6) is 1.08. The molecule has 0 amide bonds. The van der Waals surface area contributed by atoms with Gasteiger partial charge in [0.1, 0.15) is 0 Å². The second-order valence-corrected chi connectivity index (χ2v) is 6.02. The van der Waals surface area contributed by atoms with Crippen LogP contribution in [0, 0.1) is 13.8 Å². The molecule has 0 aliphatic carbocycles. The van der Waals surface area contributed by atoms with Crippen molar-refractivity contribution in [3.05, 3.63) is 70.4 Å². The van der Waals surface area contributed by atoms with Gasteiger partial charge < -0.3 is 10.6 Å². The lowest BCUT2D eigenvalue weighted by Gasteiger charge is -2.09. The summed E-state index contributed by atoms with van der Waals surface area (Å²) >= 11 is 6.15. The molecule has 1 aromatic heterocycles. The van der Waals surface area contributed by atoms with Crippen LogP contribution in [0.5, 0.6) is 0 Å². The lowest BCUT2D eigenvalue weighted by molar-refractivity contribution is 0.949. The Kier molecular flexibility index (Phi) is 4.91. The first-order valence-electron chi connectivity index (χ1n) is 7.62. The van der Waals surface area contributed by atoms with Gasteiger partial charge in [0, 0.05) is 17.3 Å². The van der Waals surface area contributed by atoms with Gasteiger partial charge >= 0.3 is 0 Å². The highest BCUT2D eigenvalue weighted by Gasteiger charge is 2.04. The van der Waals surface area contributed by atoms with Crippen LogP contribution in [0.2, 0.25) is 5.02 Å². The minimum absolute atomic E-state index is 0.448. The van der Waals surface area contributed by atoms with Crippen LogP contribution in [0.3, 0.4) is 0 Å². The van der Waals surface area contributed by atoms with Crippen LogP contribution in [0.25, 0.3) is 0 Å². The molecular formula is C18H18ClN5. The summed E-state index contributed by atoms with van der Waals surface area (Å²) in [5.41, 5.74) is 4.34. The van der Waals surface area contributed by atoms with E-state index in [-0.39, 0.29) is 0 Å². The second kappa shape index (κ2) is 7.27. The Balaban J connectivity index is 1.71. The van der Waals surface area contributed by atoms with E-state index < -0.39 is 0 Å². The fourth-order valence-electron chi connectivity index (χ4n) is 2.45. The van der Waals surface area contributed by atoms with Gasteiger partial charge in [-0.15, -0.1) is 5.10 Å². The lowest BCUT2D eigenvalue weighted by atomic mass is 10.1. The number of nitrogens with zero attached hydrogens (tertiary/aromatic N) is 3. The zero-order chi connectivity index (χ0) is 16.9. The molecule has 122 valence electrons. The zero-order valence-corrected chi connectivity index (χ0v) is 14.3. The maximum absolute atomic E-state index is 6.15. The van der Waals surface area contributed by atoms with Crippen molar-refractivity contribution in [3.8, 4) is 0 Å². The number of rotatable bonds is 5. The third kappa shape index (κ3) is 4.20. The third-order valence-corrected chi connectivity index (χ3v) is 3.82. The topological polar surface area (TPSA) is 62.7 Å². The summed E-state index contributed by atoms with van der Waals surface area (Å²) in [6, 6.07) is 13.9. The standard InChI is InChI=1S/C18H18ClN5/c1-12-7-13(2)9-15(8-12)22-17-11-21-24-18(23-17)20-10-14-5-3-4-6-16(14)19/h3-9,11H,10H2,1-2H3,(H2,20,22,23,24). The van der Waals surface area contributed by atoms with Gasteiger partial charge in [0.25, 0.3) is 0 Å². The van der Waals surface area contributed by atoms with Crippen molar-refractivity contribution in [3.63, 3.8) is 0 Å². The Hall–Kier alpha value is -2.66. The Bertz CT molecular complexity index is 830. The molecule has 3 rings (SSSR count). The van der Waals surface area contributed by atoms with Gasteiger partial charge in [-0.1, -0.05) is 35.9 Å². The van der Waals surface area contributed by atoms with Gasteiger partial charge in [0.15, 0.2) is 5.82 Å². The van der Waals surface area contributed by atoms with Gasteiger partial charge in [0.05, 0.1) is 6.20 Å². The molecule has 0 bridgehead atoms. The maximum Gasteiger partial charge on any atom is 0.244 e. The summed E-state index contributed by atoms with van der Waals surface area (Å²) in [6.45, 7) is 4.66. The van der Waals surface area contributed by atoms with Gasteiger partial charge in [-0.3, -0.25) is 0 Å². The van der Waals surface area contributed by atoms with Crippen molar-refractivity contribution >= 4 is 29.1 Å².